The fraction of sp³-hybridized carbons (Fsp3) is 0.625. The number of fused-ring (bicyclic) bond motifs is 1. The van der Waals surface area contributed by atoms with E-state index in [0.29, 0.717) is 18.1 Å². The monoisotopic (exact) mass is 260 g/mol. The maximum atomic E-state index is 5.72. The zero-order valence-electron chi connectivity index (χ0n) is 11.7. The molecule has 3 unspecified atom stereocenters. The molecule has 2 N–H and O–H groups in total. The van der Waals surface area contributed by atoms with E-state index in [1.807, 2.05) is 6.07 Å². The number of rotatable bonds is 4. The largest absolute Gasteiger partial charge is 0.491 e. The number of para-hydroxylation sites is 1. The average Bonchev–Trinajstić information content (AvgIpc) is 2.83. The summed E-state index contributed by atoms with van der Waals surface area (Å²) in [7, 11) is 0. The van der Waals surface area contributed by atoms with Gasteiger partial charge in [0.15, 0.2) is 0 Å². The van der Waals surface area contributed by atoms with E-state index >= 15 is 0 Å². The van der Waals surface area contributed by atoms with Crippen molar-refractivity contribution in [2.45, 2.75) is 50.7 Å². The van der Waals surface area contributed by atoms with E-state index in [-0.39, 0.29) is 0 Å². The van der Waals surface area contributed by atoms with Crippen molar-refractivity contribution in [3.8, 4) is 5.75 Å². The minimum atomic E-state index is 0.356. The molecule has 2 aliphatic heterocycles. The highest BCUT2D eigenvalue weighted by molar-refractivity contribution is 5.39. The summed E-state index contributed by atoms with van der Waals surface area (Å²) in [4.78, 5) is 0. The highest BCUT2D eigenvalue weighted by Gasteiger charge is 2.25. The maximum Gasteiger partial charge on any atom is 0.124 e. The Balaban J connectivity index is 1.54. The molecule has 0 aromatic heterocycles. The van der Waals surface area contributed by atoms with Crippen LogP contribution in [0.1, 0.15) is 44.2 Å². The van der Waals surface area contributed by atoms with Gasteiger partial charge in [0, 0.05) is 17.6 Å². The van der Waals surface area contributed by atoms with Gasteiger partial charge in [-0.05, 0) is 38.8 Å². The van der Waals surface area contributed by atoms with Crippen LogP contribution in [0.4, 0.5) is 0 Å². The molecule has 3 rings (SSSR count). The first-order valence-corrected chi connectivity index (χ1v) is 7.54. The summed E-state index contributed by atoms with van der Waals surface area (Å²) in [5.74, 6) is 1.04. The van der Waals surface area contributed by atoms with Gasteiger partial charge in [-0.15, -0.1) is 0 Å². The Labute approximate surface area is 115 Å². The van der Waals surface area contributed by atoms with E-state index < -0.39 is 0 Å². The first-order valence-electron chi connectivity index (χ1n) is 7.54. The lowest BCUT2D eigenvalue weighted by Gasteiger charge is -2.28. The summed E-state index contributed by atoms with van der Waals surface area (Å²) in [6.45, 7) is 4.24. The number of piperidine rings is 1. The van der Waals surface area contributed by atoms with E-state index in [0.717, 1.165) is 12.4 Å². The lowest BCUT2D eigenvalue weighted by molar-refractivity contribution is 0.281. The molecule has 3 heteroatoms. The number of hydrogen-bond donors (Lipinski definition) is 2. The molecule has 3 atom stereocenters. The standard InChI is InChI=1S/C16H24N2O/c1-12(10-13-6-4-5-9-17-13)18-15-11-19-16-8-3-2-7-14(15)16/h2-3,7-8,12-13,15,17-18H,4-6,9-11H2,1H3. The Hall–Kier alpha value is -1.06. The van der Waals surface area contributed by atoms with Crippen LogP contribution in [0.5, 0.6) is 5.75 Å². The van der Waals surface area contributed by atoms with E-state index in [1.165, 1.54) is 37.8 Å². The van der Waals surface area contributed by atoms with Crippen LogP contribution in [0.2, 0.25) is 0 Å². The first-order chi connectivity index (χ1) is 9.33. The zero-order chi connectivity index (χ0) is 13.1. The van der Waals surface area contributed by atoms with Crippen molar-refractivity contribution < 1.29 is 4.74 Å². The van der Waals surface area contributed by atoms with Crippen molar-refractivity contribution in [1.29, 1.82) is 0 Å². The molecule has 0 saturated carbocycles. The van der Waals surface area contributed by atoms with E-state index in [1.54, 1.807) is 0 Å². The Morgan fingerprint density at radius 2 is 2.26 bits per heavy atom. The highest BCUT2D eigenvalue weighted by atomic mass is 16.5. The SMILES string of the molecule is CC(CC1CCCCN1)NC1COc2ccccc21. The smallest absolute Gasteiger partial charge is 0.124 e. The molecule has 104 valence electrons. The molecule has 0 bridgehead atoms. The topological polar surface area (TPSA) is 33.3 Å². The molecule has 1 aromatic carbocycles. The van der Waals surface area contributed by atoms with Gasteiger partial charge in [-0.3, -0.25) is 0 Å². The van der Waals surface area contributed by atoms with Gasteiger partial charge in [-0.25, -0.2) is 0 Å². The van der Waals surface area contributed by atoms with Gasteiger partial charge in [0.1, 0.15) is 12.4 Å². The normalized spacial score (nSPS) is 27.6. The number of hydrogen-bond acceptors (Lipinski definition) is 3. The average molecular weight is 260 g/mol. The molecule has 0 aliphatic carbocycles. The van der Waals surface area contributed by atoms with Crippen LogP contribution >= 0.6 is 0 Å². The minimum absolute atomic E-state index is 0.356. The predicted molar refractivity (Wildman–Crippen MR) is 77.5 cm³/mol. The zero-order valence-corrected chi connectivity index (χ0v) is 11.7. The summed E-state index contributed by atoms with van der Waals surface area (Å²) >= 11 is 0. The second kappa shape index (κ2) is 5.93. The van der Waals surface area contributed by atoms with Crippen LogP contribution in [0.15, 0.2) is 24.3 Å². The lowest BCUT2D eigenvalue weighted by atomic mass is 9.98. The number of ether oxygens (including phenoxy) is 1. The molecular formula is C16H24N2O. The van der Waals surface area contributed by atoms with Gasteiger partial charge >= 0.3 is 0 Å². The molecular weight excluding hydrogens is 236 g/mol. The van der Waals surface area contributed by atoms with Gasteiger partial charge in [-0.2, -0.15) is 0 Å². The molecule has 0 amide bonds. The molecule has 19 heavy (non-hydrogen) atoms. The van der Waals surface area contributed by atoms with Gasteiger partial charge in [-0.1, -0.05) is 24.6 Å². The Bertz CT molecular complexity index is 415. The van der Waals surface area contributed by atoms with Crippen LogP contribution in [-0.4, -0.2) is 25.2 Å². The van der Waals surface area contributed by atoms with Crippen LogP contribution < -0.4 is 15.4 Å². The molecule has 3 nitrogen and oxygen atoms in total. The lowest BCUT2D eigenvalue weighted by Crippen LogP contribution is -2.41. The number of nitrogens with one attached hydrogen (secondary N) is 2. The Morgan fingerprint density at radius 3 is 3.11 bits per heavy atom. The van der Waals surface area contributed by atoms with E-state index in [4.69, 9.17) is 4.74 Å². The van der Waals surface area contributed by atoms with Crippen molar-refractivity contribution in [1.82, 2.24) is 10.6 Å². The van der Waals surface area contributed by atoms with Gasteiger partial charge in [0.05, 0.1) is 6.04 Å². The van der Waals surface area contributed by atoms with Crippen LogP contribution in [0.25, 0.3) is 0 Å². The molecule has 2 aliphatic rings. The van der Waals surface area contributed by atoms with E-state index in [9.17, 15) is 0 Å². The quantitative estimate of drug-likeness (QED) is 0.873. The summed E-state index contributed by atoms with van der Waals surface area (Å²) in [6.07, 6.45) is 5.24. The second-order valence-electron chi connectivity index (χ2n) is 5.85. The molecule has 1 aromatic rings. The third kappa shape index (κ3) is 3.10. The maximum absolute atomic E-state index is 5.72. The van der Waals surface area contributed by atoms with Crippen molar-refractivity contribution in [3.63, 3.8) is 0 Å². The van der Waals surface area contributed by atoms with Gasteiger partial charge < -0.3 is 15.4 Å². The molecule has 0 spiro atoms. The van der Waals surface area contributed by atoms with Gasteiger partial charge in [0.2, 0.25) is 0 Å². The molecule has 2 heterocycles. The van der Waals surface area contributed by atoms with Gasteiger partial charge in [0.25, 0.3) is 0 Å². The third-order valence-corrected chi connectivity index (χ3v) is 4.24. The van der Waals surface area contributed by atoms with Crippen molar-refractivity contribution in [3.05, 3.63) is 29.8 Å². The summed E-state index contributed by atoms with van der Waals surface area (Å²) in [5.41, 5.74) is 1.31. The second-order valence-corrected chi connectivity index (χ2v) is 5.85. The first kappa shape index (κ1) is 12.9. The summed E-state index contributed by atoms with van der Waals surface area (Å²) in [6, 6.07) is 9.93. The highest BCUT2D eigenvalue weighted by Crippen LogP contribution is 2.32. The van der Waals surface area contributed by atoms with Crippen molar-refractivity contribution in [2.24, 2.45) is 0 Å². The number of benzene rings is 1. The summed E-state index contributed by atoms with van der Waals surface area (Å²) in [5, 5.41) is 7.34. The Kier molecular flexibility index (Phi) is 4.04. The van der Waals surface area contributed by atoms with Crippen molar-refractivity contribution in [2.75, 3.05) is 13.2 Å². The third-order valence-electron chi connectivity index (χ3n) is 4.24. The van der Waals surface area contributed by atoms with E-state index in [2.05, 4.69) is 35.8 Å². The molecule has 1 saturated heterocycles. The fourth-order valence-corrected chi connectivity index (χ4v) is 3.26. The fourth-order valence-electron chi connectivity index (χ4n) is 3.26. The Morgan fingerprint density at radius 1 is 1.37 bits per heavy atom. The minimum Gasteiger partial charge on any atom is -0.491 e. The van der Waals surface area contributed by atoms with Crippen LogP contribution in [0.3, 0.4) is 0 Å². The summed E-state index contributed by atoms with van der Waals surface area (Å²) < 4.78 is 5.72. The predicted octanol–water partition coefficient (Wildman–Crippen LogP) is 2.63. The van der Waals surface area contributed by atoms with Crippen LogP contribution in [-0.2, 0) is 0 Å². The van der Waals surface area contributed by atoms with Crippen LogP contribution in [0, 0.1) is 0 Å². The molecule has 1 fully saturated rings. The molecule has 0 radical (unpaired) electrons. The van der Waals surface area contributed by atoms with Crippen molar-refractivity contribution >= 4 is 0 Å².